The summed E-state index contributed by atoms with van der Waals surface area (Å²) in [4.78, 5) is 65.8. The lowest BCUT2D eigenvalue weighted by atomic mass is 10.2. The Morgan fingerprint density at radius 3 is 1.34 bits per heavy atom. The minimum Gasteiger partial charge on any atom is -0.368 e. The molecule has 0 fully saturated rings. The zero-order valence-electron chi connectivity index (χ0n) is 18.5. The number of aromatic nitrogens is 6. The lowest BCUT2D eigenvalue weighted by Gasteiger charge is -2.05. The topological polar surface area (TPSA) is 236 Å². The first-order chi connectivity index (χ1) is 16.4. The van der Waals surface area contributed by atoms with Crippen LogP contribution in [0.25, 0.3) is 0 Å². The molecule has 0 saturated carbocycles. The van der Waals surface area contributed by atoms with Gasteiger partial charge in [-0.2, -0.15) is 24.9 Å². The maximum Gasteiger partial charge on any atom is 0.250 e. The minimum atomic E-state index is -0.511. The van der Waals surface area contributed by atoms with Crippen molar-refractivity contribution in [2.45, 2.75) is 12.8 Å². The van der Waals surface area contributed by atoms with Crippen molar-refractivity contribution in [2.75, 3.05) is 22.5 Å². The molecule has 184 valence electrons. The second-order valence-corrected chi connectivity index (χ2v) is 6.17. The molecule has 14 nitrogen and oxygen atoms in total. The van der Waals surface area contributed by atoms with Crippen LogP contribution < -0.4 is 22.5 Å². The molecular weight excluding hydrogens is 480 g/mol. The Morgan fingerprint density at radius 2 is 1.06 bits per heavy atom. The fourth-order valence-electron chi connectivity index (χ4n) is 1.73. The van der Waals surface area contributed by atoms with Gasteiger partial charge >= 0.3 is 0 Å². The molecule has 0 aliphatic rings. The third kappa shape index (κ3) is 14.0. The molecule has 0 spiro atoms. The number of hydrogen-bond acceptors (Lipinski definition) is 13. The lowest BCUT2D eigenvalue weighted by molar-refractivity contribution is -0.114. The summed E-state index contributed by atoms with van der Waals surface area (Å²) >= 11 is 4.71. The van der Waals surface area contributed by atoms with Crippen LogP contribution in [0, 0.1) is 0 Å². The molecule has 35 heavy (non-hydrogen) atoms. The standard InChI is InChI=1S/C14H14N4O3.C3H3ClO.C3H6N6/c1-4-9(19)7-11-15-12(8-10(20)5-2)17-14(16-11)18-13(21)6-3;1-2-3(4)5;4-1-7-2(5)9-3(6)8-1/h4-6H,1-3,7-8H2,(H,15,16,17,18,21);2H,1H2;(H6,4,5,6,7,8,9). The summed E-state index contributed by atoms with van der Waals surface area (Å²) in [6.07, 6.45) is 4.17. The number of carbonyl (C=O) groups excluding carboxylic acids is 4. The number of carbonyl (C=O) groups is 4. The number of nitrogens with one attached hydrogen (secondary N) is 1. The molecule has 0 aromatic carbocycles. The highest BCUT2D eigenvalue weighted by molar-refractivity contribution is 6.66. The van der Waals surface area contributed by atoms with Crippen molar-refractivity contribution in [2.24, 2.45) is 0 Å². The Bertz CT molecular complexity index is 988. The summed E-state index contributed by atoms with van der Waals surface area (Å²) in [6, 6.07) is 0. The van der Waals surface area contributed by atoms with Crippen LogP contribution >= 0.6 is 11.6 Å². The highest BCUT2D eigenvalue weighted by atomic mass is 35.5. The van der Waals surface area contributed by atoms with Gasteiger partial charge in [0.15, 0.2) is 11.6 Å². The molecule has 0 aliphatic heterocycles. The van der Waals surface area contributed by atoms with E-state index in [1.54, 1.807) is 0 Å². The SMILES string of the molecule is C=CC(=O)Cc1nc(CC(=O)C=C)nc(NC(=O)C=C)n1.C=CC(=O)Cl.Nc1nc(N)nc(N)n1. The molecule has 2 aromatic heterocycles. The number of nitrogens with two attached hydrogens (primary N) is 3. The van der Waals surface area contributed by atoms with Gasteiger partial charge in [0.2, 0.25) is 34.9 Å². The van der Waals surface area contributed by atoms with Crippen molar-refractivity contribution >= 4 is 58.1 Å². The van der Waals surface area contributed by atoms with E-state index in [1.807, 2.05) is 0 Å². The van der Waals surface area contributed by atoms with E-state index in [-0.39, 0.29) is 59.9 Å². The van der Waals surface area contributed by atoms with Gasteiger partial charge in [-0.05, 0) is 35.9 Å². The summed E-state index contributed by atoms with van der Waals surface area (Å²) in [6.45, 7) is 13.1. The predicted molar refractivity (Wildman–Crippen MR) is 131 cm³/mol. The average molecular weight is 503 g/mol. The van der Waals surface area contributed by atoms with Crippen LogP contribution in [0.3, 0.4) is 0 Å². The molecule has 0 saturated heterocycles. The van der Waals surface area contributed by atoms with E-state index >= 15 is 0 Å². The second kappa shape index (κ2) is 15.9. The van der Waals surface area contributed by atoms with E-state index in [0.29, 0.717) is 0 Å². The number of halogens is 1. The molecule has 2 aromatic rings. The predicted octanol–water partition coefficient (Wildman–Crippen LogP) is 0.147. The van der Waals surface area contributed by atoms with Crippen LogP contribution in [0.4, 0.5) is 23.8 Å². The van der Waals surface area contributed by atoms with Gasteiger partial charge in [0, 0.05) is 0 Å². The largest absolute Gasteiger partial charge is 0.368 e. The maximum atomic E-state index is 11.4. The van der Waals surface area contributed by atoms with Crippen LogP contribution in [0.5, 0.6) is 0 Å². The summed E-state index contributed by atoms with van der Waals surface area (Å²) in [5.41, 5.74) is 15.4. The molecular formula is C20H23ClN10O4. The normalized spacial score (nSPS) is 9.06. The molecule has 2 rings (SSSR count). The van der Waals surface area contributed by atoms with E-state index in [0.717, 1.165) is 24.3 Å². The molecule has 7 N–H and O–H groups in total. The number of hydrogen-bond donors (Lipinski definition) is 4. The van der Waals surface area contributed by atoms with Gasteiger partial charge < -0.3 is 17.2 Å². The van der Waals surface area contributed by atoms with Gasteiger partial charge in [-0.3, -0.25) is 24.5 Å². The number of amides is 1. The van der Waals surface area contributed by atoms with Crippen LogP contribution in [-0.2, 0) is 32.0 Å². The molecule has 0 aliphatic carbocycles. The Morgan fingerprint density at radius 1 is 0.686 bits per heavy atom. The molecule has 0 unspecified atom stereocenters. The quantitative estimate of drug-likeness (QED) is 0.264. The summed E-state index contributed by atoms with van der Waals surface area (Å²) < 4.78 is 0. The molecule has 0 radical (unpaired) electrons. The lowest BCUT2D eigenvalue weighted by Crippen LogP contribution is -2.16. The average Bonchev–Trinajstić information content (AvgIpc) is 2.78. The Labute approximate surface area is 205 Å². The third-order valence-corrected chi connectivity index (χ3v) is 3.27. The van der Waals surface area contributed by atoms with Gasteiger partial charge in [0.1, 0.15) is 11.6 Å². The van der Waals surface area contributed by atoms with Gasteiger partial charge in [0.05, 0.1) is 12.8 Å². The number of nitrogens with zero attached hydrogens (tertiary/aromatic N) is 6. The molecule has 1 amide bonds. The highest BCUT2D eigenvalue weighted by Crippen LogP contribution is 2.05. The van der Waals surface area contributed by atoms with Crippen molar-refractivity contribution in [3.8, 4) is 0 Å². The van der Waals surface area contributed by atoms with Crippen LogP contribution in [0.2, 0.25) is 0 Å². The van der Waals surface area contributed by atoms with Gasteiger partial charge in [0.25, 0.3) is 0 Å². The van der Waals surface area contributed by atoms with Crippen molar-refractivity contribution < 1.29 is 19.2 Å². The van der Waals surface area contributed by atoms with Crippen LogP contribution in [0.1, 0.15) is 11.6 Å². The van der Waals surface area contributed by atoms with Crippen molar-refractivity contribution in [1.29, 1.82) is 0 Å². The highest BCUT2D eigenvalue weighted by Gasteiger charge is 2.12. The number of ketones is 2. The Hall–Kier alpha value is -4.85. The van der Waals surface area contributed by atoms with Crippen molar-refractivity contribution in [3.05, 3.63) is 62.3 Å². The number of nitrogen functional groups attached to an aromatic ring is 3. The van der Waals surface area contributed by atoms with E-state index in [2.05, 4.69) is 61.5 Å². The van der Waals surface area contributed by atoms with Gasteiger partial charge in [-0.1, -0.05) is 26.3 Å². The summed E-state index contributed by atoms with van der Waals surface area (Å²) in [5.74, 6) is -0.731. The van der Waals surface area contributed by atoms with E-state index in [9.17, 15) is 19.2 Å². The second-order valence-electron chi connectivity index (χ2n) is 5.80. The first kappa shape index (κ1) is 30.1. The summed E-state index contributed by atoms with van der Waals surface area (Å²) in [5, 5.41) is 1.85. The monoisotopic (exact) mass is 502 g/mol. The van der Waals surface area contributed by atoms with Crippen molar-refractivity contribution in [3.63, 3.8) is 0 Å². The maximum absolute atomic E-state index is 11.4. The van der Waals surface area contributed by atoms with E-state index in [1.165, 1.54) is 0 Å². The fourth-order valence-corrected chi connectivity index (χ4v) is 1.73. The number of rotatable bonds is 9. The zero-order chi connectivity index (χ0) is 27.0. The number of anilines is 4. The van der Waals surface area contributed by atoms with E-state index < -0.39 is 11.1 Å². The van der Waals surface area contributed by atoms with E-state index in [4.69, 9.17) is 28.8 Å². The van der Waals surface area contributed by atoms with Crippen molar-refractivity contribution in [1.82, 2.24) is 29.9 Å². The Balaban J connectivity index is 0.000000673. The first-order valence-electron chi connectivity index (χ1n) is 9.26. The van der Waals surface area contributed by atoms with Crippen LogP contribution in [-0.4, -0.2) is 52.6 Å². The fraction of sp³-hybridized carbons (Fsp3) is 0.100. The molecule has 15 heteroatoms. The van der Waals surface area contributed by atoms with Crippen LogP contribution in [0.15, 0.2) is 50.6 Å². The molecule has 2 heterocycles. The molecule has 0 atom stereocenters. The number of allylic oxidation sites excluding steroid dienone is 3. The van der Waals surface area contributed by atoms with Gasteiger partial charge in [-0.25, -0.2) is 4.98 Å². The molecule has 0 bridgehead atoms. The minimum absolute atomic E-state index is 0.0417. The Kier molecular flexibility index (Phi) is 13.7. The third-order valence-electron chi connectivity index (χ3n) is 3.12. The smallest absolute Gasteiger partial charge is 0.250 e. The van der Waals surface area contributed by atoms with Gasteiger partial charge in [-0.15, -0.1) is 0 Å². The summed E-state index contributed by atoms with van der Waals surface area (Å²) in [7, 11) is 0. The zero-order valence-corrected chi connectivity index (χ0v) is 19.2. The first-order valence-corrected chi connectivity index (χ1v) is 9.63.